The van der Waals surface area contributed by atoms with Crippen molar-refractivity contribution in [2.75, 3.05) is 0 Å². The van der Waals surface area contributed by atoms with Crippen LogP contribution in [-0.4, -0.2) is 59.1 Å². The van der Waals surface area contributed by atoms with Gasteiger partial charge in [-0.15, -0.1) is 0 Å². The van der Waals surface area contributed by atoms with Crippen molar-refractivity contribution in [3.05, 3.63) is 0 Å². The zero-order valence-corrected chi connectivity index (χ0v) is 3.51. The van der Waals surface area contributed by atoms with E-state index >= 15 is 0 Å². The van der Waals surface area contributed by atoms with Gasteiger partial charge in [0.15, 0.2) is 0 Å². The van der Waals surface area contributed by atoms with Gasteiger partial charge < -0.3 is 17.1 Å². The molecule has 6 heavy (non-hydrogen) atoms. The number of hydrogen-bond acceptors (Lipinski definition) is 0. The predicted octanol–water partition coefficient (Wildman–Crippen LogP) is -13.3. The molecule has 0 amide bonds. The molecule has 0 atom stereocenters. The number of rotatable bonds is 0. The van der Waals surface area contributed by atoms with E-state index < -0.39 is 0 Å². The molecule has 0 aromatic carbocycles. The molecule has 0 saturated heterocycles. The van der Waals surface area contributed by atoms with Crippen molar-refractivity contribution in [1.82, 2.24) is 0 Å². The Hall–Kier alpha value is 3.41. The van der Waals surface area contributed by atoms with Crippen LogP contribution in [-0.2, 0) is 0 Å². The van der Waals surface area contributed by atoms with Crippen LogP contribution in [0.4, 0.5) is 0 Å². The van der Waals surface area contributed by atoms with Gasteiger partial charge in [0.2, 0.25) is 0 Å². The molecular weight excluding hydrogens is 114 g/mol. The van der Waals surface area contributed by atoms with Crippen LogP contribution in [0.15, 0.2) is 0 Å². The Morgan fingerprint density at radius 2 is 0.667 bits per heavy atom. The Balaban J connectivity index is 0. The number of hydrogen-bond donors (Lipinski definition) is 0. The summed E-state index contributed by atoms with van der Waals surface area (Å²) >= 11 is 0. The van der Waals surface area contributed by atoms with Crippen LogP contribution in [0.1, 0.15) is 0 Å². The molecule has 0 spiro atoms. The molecule has 0 unspecified atom stereocenters. The molecular formula is H2ClFLi2Na2. The van der Waals surface area contributed by atoms with Crippen LogP contribution in [0.3, 0.4) is 0 Å². The van der Waals surface area contributed by atoms with Crippen molar-refractivity contribution in [3.8, 4) is 0 Å². The van der Waals surface area contributed by atoms with Crippen LogP contribution in [0.2, 0.25) is 0 Å². The Kier molecular flexibility index (Phi) is 378. The molecule has 0 saturated carbocycles. The standard InChI is InChI=1S/ClH.FH.2Li.2Na.2H/h2*1H;;;;;;/q;;2*+1;;;;/p-2. The number of halogens is 2. The molecule has 6 heteroatoms. The van der Waals surface area contributed by atoms with Crippen LogP contribution >= 0.6 is 0 Å². The van der Waals surface area contributed by atoms with E-state index in [-0.39, 0.29) is 114 Å². The van der Waals surface area contributed by atoms with Crippen molar-refractivity contribution < 1.29 is 54.8 Å². The van der Waals surface area contributed by atoms with E-state index in [0.29, 0.717) is 0 Å². The molecule has 0 nitrogen and oxygen atoms in total. The van der Waals surface area contributed by atoms with Crippen molar-refractivity contribution in [2.24, 2.45) is 0 Å². The fourth-order valence-corrected chi connectivity index (χ4v) is 0. The molecule has 0 N–H and O–H groups in total. The predicted molar refractivity (Wildman–Crippen MR) is 14.3 cm³/mol. The topological polar surface area (TPSA) is 0 Å². The average molecular weight is 116 g/mol. The van der Waals surface area contributed by atoms with Crippen LogP contribution in [0.5, 0.6) is 0 Å². The first kappa shape index (κ1) is 57.2. The van der Waals surface area contributed by atoms with Gasteiger partial charge in [-0.05, 0) is 0 Å². The molecule has 0 aliphatic heterocycles. The van der Waals surface area contributed by atoms with Gasteiger partial charge in [0, 0.05) is 0 Å². The maximum atomic E-state index is 0. The fourth-order valence-electron chi connectivity index (χ4n) is 0. The fraction of sp³-hybridized carbons (Fsp3) is 0. The van der Waals surface area contributed by atoms with E-state index in [1.54, 1.807) is 0 Å². The van der Waals surface area contributed by atoms with Gasteiger partial charge in [-0.1, -0.05) is 0 Å². The van der Waals surface area contributed by atoms with E-state index in [2.05, 4.69) is 0 Å². The first-order valence-corrected chi connectivity index (χ1v) is 0. The molecule has 0 aromatic rings. The third-order valence-electron chi connectivity index (χ3n) is 0. The molecule has 0 rings (SSSR count). The summed E-state index contributed by atoms with van der Waals surface area (Å²) in [5, 5.41) is 0. The molecule has 0 heterocycles. The zero-order valence-electron chi connectivity index (χ0n) is 2.76. The van der Waals surface area contributed by atoms with Crippen LogP contribution in [0.25, 0.3) is 0 Å². The summed E-state index contributed by atoms with van der Waals surface area (Å²) in [6.45, 7) is 0. The molecule has 0 aromatic heterocycles. The van der Waals surface area contributed by atoms with E-state index in [4.69, 9.17) is 0 Å². The quantitative estimate of drug-likeness (QED) is 0.276. The minimum absolute atomic E-state index is 0. The van der Waals surface area contributed by atoms with Gasteiger partial charge >= 0.3 is 96.8 Å². The van der Waals surface area contributed by atoms with Gasteiger partial charge in [-0.2, -0.15) is 0 Å². The SMILES string of the molecule is [Cl-].[F-].[Li+].[Li+].[NaH].[NaH]. The maximum absolute atomic E-state index is 0. The summed E-state index contributed by atoms with van der Waals surface area (Å²) in [6.07, 6.45) is 0. The van der Waals surface area contributed by atoms with E-state index in [1.165, 1.54) is 0 Å². The minimum atomic E-state index is 0. The zero-order chi connectivity index (χ0) is 0. The molecule has 0 bridgehead atoms. The molecule has 0 aliphatic rings. The molecule has 0 aliphatic carbocycles. The second-order valence-electron chi connectivity index (χ2n) is 0. The van der Waals surface area contributed by atoms with E-state index in [9.17, 15) is 0 Å². The second-order valence-corrected chi connectivity index (χ2v) is 0. The molecule has 0 radical (unpaired) electrons. The van der Waals surface area contributed by atoms with Gasteiger partial charge in [-0.25, -0.2) is 0 Å². The second kappa shape index (κ2) is 39.7. The van der Waals surface area contributed by atoms with E-state index in [1.807, 2.05) is 0 Å². The van der Waals surface area contributed by atoms with Crippen LogP contribution < -0.4 is 54.8 Å². The van der Waals surface area contributed by atoms with Crippen molar-refractivity contribution >= 4 is 59.1 Å². The first-order chi connectivity index (χ1) is 0. The summed E-state index contributed by atoms with van der Waals surface area (Å²) < 4.78 is 0. The summed E-state index contributed by atoms with van der Waals surface area (Å²) in [7, 11) is 0. The molecule has 20 valence electrons. The Morgan fingerprint density at radius 3 is 0.667 bits per heavy atom. The normalized spacial score (nSPS) is 0. The average Bonchev–Trinajstić information content (AvgIpc) is 0. The summed E-state index contributed by atoms with van der Waals surface area (Å²) in [5.74, 6) is 0. The monoisotopic (exact) mass is 116 g/mol. The first-order valence-electron chi connectivity index (χ1n) is 0. The summed E-state index contributed by atoms with van der Waals surface area (Å²) in [6, 6.07) is 0. The van der Waals surface area contributed by atoms with Gasteiger partial charge in [0.05, 0.1) is 0 Å². The van der Waals surface area contributed by atoms with Crippen molar-refractivity contribution in [2.45, 2.75) is 0 Å². The summed E-state index contributed by atoms with van der Waals surface area (Å²) in [4.78, 5) is 0. The Morgan fingerprint density at radius 1 is 0.667 bits per heavy atom. The summed E-state index contributed by atoms with van der Waals surface area (Å²) in [5.41, 5.74) is 0. The van der Waals surface area contributed by atoms with E-state index in [0.717, 1.165) is 0 Å². The third-order valence-corrected chi connectivity index (χ3v) is 0. The third kappa shape index (κ3) is 26.2. The van der Waals surface area contributed by atoms with Gasteiger partial charge in [0.1, 0.15) is 0 Å². The van der Waals surface area contributed by atoms with Crippen LogP contribution in [0, 0.1) is 0 Å². The van der Waals surface area contributed by atoms with Crippen molar-refractivity contribution in [1.29, 1.82) is 0 Å². The van der Waals surface area contributed by atoms with Crippen molar-refractivity contribution in [3.63, 3.8) is 0 Å². The van der Waals surface area contributed by atoms with Gasteiger partial charge in [-0.3, -0.25) is 0 Å². The Labute approximate surface area is 112 Å². The molecule has 0 fully saturated rings. The van der Waals surface area contributed by atoms with Gasteiger partial charge in [0.25, 0.3) is 0 Å². The Bertz CT molecular complexity index is 11.5.